The van der Waals surface area contributed by atoms with E-state index in [-0.39, 0.29) is 5.69 Å². The van der Waals surface area contributed by atoms with Crippen molar-refractivity contribution < 1.29 is 10.0 Å². The number of nitro groups is 1. The minimum Gasteiger partial charge on any atom is -0.387 e. The fourth-order valence-electron chi connectivity index (χ4n) is 2.54. The fraction of sp³-hybridized carbons (Fsp3) is 0.333. The third-order valence-corrected chi connectivity index (χ3v) is 3.80. The average molecular weight is 314 g/mol. The maximum atomic E-state index is 10.8. The summed E-state index contributed by atoms with van der Waals surface area (Å²) in [6.07, 6.45) is 1.27. The van der Waals surface area contributed by atoms with Crippen LogP contribution in [0.15, 0.2) is 54.6 Å². The molecule has 0 aliphatic heterocycles. The van der Waals surface area contributed by atoms with Gasteiger partial charge in [0.25, 0.3) is 5.69 Å². The van der Waals surface area contributed by atoms with E-state index in [1.165, 1.54) is 17.7 Å². The highest BCUT2D eigenvalue weighted by Gasteiger charge is 2.14. The summed E-state index contributed by atoms with van der Waals surface area (Å²) < 4.78 is 0. The number of aliphatic hydroxyl groups is 1. The minimum atomic E-state index is -0.725. The highest BCUT2D eigenvalue weighted by molar-refractivity contribution is 5.35. The zero-order valence-electron chi connectivity index (χ0n) is 13.3. The van der Waals surface area contributed by atoms with Gasteiger partial charge in [0.15, 0.2) is 0 Å². The standard InChI is InChI=1S/C18H22N2O3/c1-19(12-6-9-15-7-3-2-4-8-15)14-18(21)16-10-5-11-17(13-16)20(22)23/h2-5,7-8,10-11,13,18,21H,6,9,12,14H2,1H3. The van der Waals surface area contributed by atoms with Crippen molar-refractivity contribution in [1.82, 2.24) is 4.90 Å². The van der Waals surface area contributed by atoms with Crippen LogP contribution in [0.5, 0.6) is 0 Å². The van der Waals surface area contributed by atoms with Gasteiger partial charge in [0.05, 0.1) is 11.0 Å². The lowest BCUT2D eigenvalue weighted by atomic mass is 10.1. The van der Waals surface area contributed by atoms with E-state index in [9.17, 15) is 15.2 Å². The minimum absolute atomic E-state index is 0.00767. The molecule has 1 unspecified atom stereocenters. The van der Waals surface area contributed by atoms with Crippen LogP contribution < -0.4 is 0 Å². The van der Waals surface area contributed by atoms with E-state index in [2.05, 4.69) is 12.1 Å². The summed E-state index contributed by atoms with van der Waals surface area (Å²) >= 11 is 0. The Hall–Kier alpha value is -2.24. The Morgan fingerprint density at radius 2 is 1.91 bits per heavy atom. The number of hydrogen-bond acceptors (Lipinski definition) is 4. The maximum absolute atomic E-state index is 10.8. The first-order valence-electron chi connectivity index (χ1n) is 7.71. The first-order chi connectivity index (χ1) is 11.1. The second-order valence-electron chi connectivity index (χ2n) is 5.72. The number of aryl methyl sites for hydroxylation is 1. The Balaban J connectivity index is 1.81. The van der Waals surface area contributed by atoms with E-state index in [4.69, 9.17) is 0 Å². The molecule has 122 valence electrons. The normalized spacial score (nSPS) is 12.3. The van der Waals surface area contributed by atoms with E-state index in [1.807, 2.05) is 30.1 Å². The van der Waals surface area contributed by atoms with Crippen molar-refractivity contribution >= 4 is 5.69 Å². The van der Waals surface area contributed by atoms with Crippen molar-refractivity contribution in [2.24, 2.45) is 0 Å². The summed E-state index contributed by atoms with van der Waals surface area (Å²) in [7, 11) is 1.95. The van der Waals surface area contributed by atoms with Gasteiger partial charge in [0.1, 0.15) is 0 Å². The van der Waals surface area contributed by atoms with Crippen LogP contribution >= 0.6 is 0 Å². The molecule has 2 rings (SSSR count). The molecule has 1 atom stereocenters. The van der Waals surface area contributed by atoms with Gasteiger partial charge in [-0.25, -0.2) is 0 Å². The fourth-order valence-corrected chi connectivity index (χ4v) is 2.54. The number of aliphatic hydroxyl groups excluding tert-OH is 1. The van der Waals surface area contributed by atoms with Gasteiger partial charge in [-0.3, -0.25) is 10.1 Å². The van der Waals surface area contributed by atoms with E-state index in [1.54, 1.807) is 12.1 Å². The lowest BCUT2D eigenvalue weighted by molar-refractivity contribution is -0.385. The molecule has 0 aliphatic rings. The molecule has 5 nitrogen and oxygen atoms in total. The van der Waals surface area contributed by atoms with Crippen molar-refractivity contribution in [3.8, 4) is 0 Å². The topological polar surface area (TPSA) is 66.6 Å². The number of rotatable bonds is 8. The molecule has 23 heavy (non-hydrogen) atoms. The van der Waals surface area contributed by atoms with E-state index < -0.39 is 11.0 Å². The Labute approximate surface area is 136 Å². The number of benzene rings is 2. The molecule has 0 saturated heterocycles. The van der Waals surface area contributed by atoms with Gasteiger partial charge < -0.3 is 10.0 Å². The molecule has 2 aromatic carbocycles. The van der Waals surface area contributed by atoms with Gasteiger partial charge in [0, 0.05) is 18.7 Å². The number of nitro benzene ring substituents is 1. The van der Waals surface area contributed by atoms with Gasteiger partial charge in [0.2, 0.25) is 0 Å². The van der Waals surface area contributed by atoms with E-state index in [0.29, 0.717) is 12.1 Å². The molecule has 2 aromatic rings. The first-order valence-corrected chi connectivity index (χ1v) is 7.71. The smallest absolute Gasteiger partial charge is 0.269 e. The number of hydrogen-bond donors (Lipinski definition) is 1. The molecule has 0 fully saturated rings. The highest BCUT2D eigenvalue weighted by atomic mass is 16.6. The third kappa shape index (κ3) is 5.47. The number of likely N-dealkylation sites (N-methyl/N-ethyl adjacent to an activating group) is 1. The predicted octanol–water partition coefficient (Wildman–Crippen LogP) is 3.19. The van der Waals surface area contributed by atoms with Gasteiger partial charge >= 0.3 is 0 Å². The zero-order valence-corrected chi connectivity index (χ0v) is 13.3. The number of nitrogens with zero attached hydrogens (tertiary/aromatic N) is 2. The molecule has 0 saturated carbocycles. The van der Waals surface area contributed by atoms with Crippen LogP contribution in [0, 0.1) is 10.1 Å². The Morgan fingerprint density at radius 1 is 1.17 bits per heavy atom. The molecule has 0 radical (unpaired) electrons. The van der Waals surface area contributed by atoms with Gasteiger partial charge in [-0.1, -0.05) is 42.5 Å². The molecule has 0 heterocycles. The van der Waals surface area contributed by atoms with Crippen molar-refractivity contribution in [1.29, 1.82) is 0 Å². The summed E-state index contributed by atoms with van der Waals surface area (Å²) in [4.78, 5) is 12.4. The molecule has 0 amide bonds. The van der Waals surface area contributed by atoms with Gasteiger partial charge in [-0.2, -0.15) is 0 Å². The molecular weight excluding hydrogens is 292 g/mol. The van der Waals surface area contributed by atoms with Crippen LogP contribution in [0.1, 0.15) is 23.7 Å². The SMILES string of the molecule is CN(CCCc1ccccc1)CC(O)c1cccc([N+](=O)[O-])c1. The van der Waals surface area contributed by atoms with Crippen molar-refractivity contribution in [3.05, 3.63) is 75.8 Å². The maximum Gasteiger partial charge on any atom is 0.269 e. The lowest BCUT2D eigenvalue weighted by Crippen LogP contribution is -2.26. The second kappa shape index (κ2) is 8.41. The quantitative estimate of drug-likeness (QED) is 0.600. The highest BCUT2D eigenvalue weighted by Crippen LogP contribution is 2.19. The predicted molar refractivity (Wildman–Crippen MR) is 90.3 cm³/mol. The van der Waals surface area contributed by atoms with Crippen LogP contribution in [-0.4, -0.2) is 35.1 Å². The summed E-state index contributed by atoms with van der Waals surface area (Å²) in [6, 6.07) is 16.5. The van der Waals surface area contributed by atoms with Crippen LogP contribution in [0.25, 0.3) is 0 Å². The average Bonchev–Trinajstić information content (AvgIpc) is 2.56. The zero-order chi connectivity index (χ0) is 16.7. The Bertz CT molecular complexity index is 631. The van der Waals surface area contributed by atoms with Crippen LogP contribution in [-0.2, 0) is 6.42 Å². The van der Waals surface area contributed by atoms with Crippen molar-refractivity contribution in [3.63, 3.8) is 0 Å². The Morgan fingerprint density at radius 3 is 2.61 bits per heavy atom. The van der Waals surface area contributed by atoms with Gasteiger partial charge in [-0.15, -0.1) is 0 Å². The van der Waals surface area contributed by atoms with E-state index in [0.717, 1.165) is 19.4 Å². The monoisotopic (exact) mass is 314 g/mol. The Kier molecular flexibility index (Phi) is 6.26. The molecular formula is C18H22N2O3. The molecule has 1 N–H and O–H groups in total. The van der Waals surface area contributed by atoms with Crippen LogP contribution in [0.4, 0.5) is 5.69 Å². The first kappa shape index (κ1) is 17.1. The van der Waals surface area contributed by atoms with Crippen molar-refractivity contribution in [2.45, 2.75) is 18.9 Å². The van der Waals surface area contributed by atoms with Crippen LogP contribution in [0.3, 0.4) is 0 Å². The molecule has 0 aromatic heterocycles. The lowest BCUT2D eigenvalue weighted by Gasteiger charge is -2.20. The third-order valence-electron chi connectivity index (χ3n) is 3.80. The second-order valence-corrected chi connectivity index (χ2v) is 5.72. The molecule has 0 bridgehead atoms. The molecule has 0 aliphatic carbocycles. The summed E-state index contributed by atoms with van der Waals surface area (Å²) in [6.45, 7) is 1.32. The molecule has 0 spiro atoms. The summed E-state index contributed by atoms with van der Waals surface area (Å²) in [5, 5.41) is 21.0. The molecule has 5 heteroatoms. The van der Waals surface area contributed by atoms with Crippen molar-refractivity contribution in [2.75, 3.05) is 20.1 Å². The van der Waals surface area contributed by atoms with E-state index >= 15 is 0 Å². The largest absolute Gasteiger partial charge is 0.387 e. The summed E-state index contributed by atoms with van der Waals surface area (Å²) in [5.74, 6) is 0. The number of non-ortho nitro benzene ring substituents is 1. The van der Waals surface area contributed by atoms with Gasteiger partial charge in [-0.05, 0) is 37.6 Å². The van der Waals surface area contributed by atoms with Crippen LogP contribution in [0.2, 0.25) is 0 Å². The summed E-state index contributed by atoms with van der Waals surface area (Å²) in [5.41, 5.74) is 1.89.